The zero-order chi connectivity index (χ0) is 20.1. The number of guanidine groups is 1. The minimum Gasteiger partial charge on any atom is -0.361 e. The SMILES string of the molecule is CCNC(=NCC(C)c1c(C)noc1C)NC(C)c1ccc2ccccc2c1.I. The van der Waals surface area contributed by atoms with Gasteiger partial charge in [0.1, 0.15) is 5.76 Å². The molecule has 0 aliphatic carbocycles. The molecule has 2 atom stereocenters. The van der Waals surface area contributed by atoms with Crippen molar-refractivity contribution in [1.82, 2.24) is 15.8 Å². The van der Waals surface area contributed by atoms with Crippen LogP contribution in [0.5, 0.6) is 0 Å². The Hall–Kier alpha value is -2.09. The van der Waals surface area contributed by atoms with Crippen LogP contribution in [0, 0.1) is 13.8 Å². The highest BCUT2D eigenvalue weighted by molar-refractivity contribution is 14.0. The Kier molecular flexibility index (Phi) is 8.49. The van der Waals surface area contributed by atoms with Gasteiger partial charge in [0.05, 0.1) is 11.7 Å². The number of fused-ring (bicyclic) bond motifs is 1. The van der Waals surface area contributed by atoms with Crippen molar-refractivity contribution in [1.29, 1.82) is 0 Å². The summed E-state index contributed by atoms with van der Waals surface area (Å²) in [5, 5.41) is 13.4. The second-order valence-electron chi connectivity index (χ2n) is 7.33. The maximum Gasteiger partial charge on any atom is 0.191 e. The molecule has 156 valence electrons. The van der Waals surface area contributed by atoms with Crippen molar-refractivity contribution in [3.63, 3.8) is 0 Å². The fourth-order valence-electron chi connectivity index (χ4n) is 3.60. The lowest BCUT2D eigenvalue weighted by atomic mass is 10.00. The molecule has 2 unspecified atom stereocenters. The molecule has 2 aromatic carbocycles. The quantitative estimate of drug-likeness (QED) is 0.264. The van der Waals surface area contributed by atoms with Crippen LogP contribution in [0.15, 0.2) is 52.0 Å². The molecule has 0 spiro atoms. The first-order valence-electron chi connectivity index (χ1n) is 9.96. The fourth-order valence-corrected chi connectivity index (χ4v) is 3.60. The molecule has 0 aliphatic rings. The number of nitrogens with zero attached hydrogens (tertiary/aromatic N) is 2. The molecule has 1 heterocycles. The number of halogens is 1. The average Bonchev–Trinajstić information content (AvgIpc) is 3.03. The Morgan fingerprint density at radius 3 is 2.48 bits per heavy atom. The Bertz CT molecular complexity index is 947. The third kappa shape index (κ3) is 5.72. The Morgan fingerprint density at radius 1 is 1.10 bits per heavy atom. The van der Waals surface area contributed by atoms with E-state index in [1.807, 2.05) is 13.8 Å². The van der Waals surface area contributed by atoms with Crippen molar-refractivity contribution in [3.05, 3.63) is 65.0 Å². The summed E-state index contributed by atoms with van der Waals surface area (Å²) >= 11 is 0. The van der Waals surface area contributed by atoms with E-state index in [9.17, 15) is 0 Å². The van der Waals surface area contributed by atoms with Crippen LogP contribution in [-0.4, -0.2) is 24.2 Å². The highest BCUT2D eigenvalue weighted by atomic mass is 127. The summed E-state index contributed by atoms with van der Waals surface area (Å²) in [4.78, 5) is 4.80. The number of aromatic nitrogens is 1. The molecular weight excluding hydrogens is 475 g/mol. The van der Waals surface area contributed by atoms with E-state index in [-0.39, 0.29) is 35.9 Å². The second kappa shape index (κ2) is 10.6. The van der Waals surface area contributed by atoms with Gasteiger partial charge in [-0.3, -0.25) is 4.99 Å². The molecule has 0 amide bonds. The summed E-state index contributed by atoms with van der Waals surface area (Å²) in [6.45, 7) is 11.8. The van der Waals surface area contributed by atoms with Crippen molar-refractivity contribution in [2.45, 2.75) is 46.6 Å². The first kappa shape index (κ1) is 23.2. The lowest BCUT2D eigenvalue weighted by Gasteiger charge is -2.19. The number of benzene rings is 2. The number of aliphatic imine (C=N–C) groups is 1. The van der Waals surface area contributed by atoms with E-state index in [0.717, 1.165) is 29.5 Å². The van der Waals surface area contributed by atoms with Crippen molar-refractivity contribution < 1.29 is 4.52 Å². The smallest absolute Gasteiger partial charge is 0.191 e. The van der Waals surface area contributed by atoms with Crippen LogP contribution in [0.1, 0.15) is 55.3 Å². The number of hydrogen-bond donors (Lipinski definition) is 2. The van der Waals surface area contributed by atoms with Gasteiger partial charge in [-0.2, -0.15) is 0 Å². The van der Waals surface area contributed by atoms with Gasteiger partial charge in [0.15, 0.2) is 5.96 Å². The van der Waals surface area contributed by atoms with E-state index in [2.05, 4.69) is 79.0 Å². The van der Waals surface area contributed by atoms with Gasteiger partial charge < -0.3 is 15.2 Å². The average molecular weight is 506 g/mol. The Labute approximate surface area is 190 Å². The number of rotatable bonds is 6. The van der Waals surface area contributed by atoms with Gasteiger partial charge in [0.2, 0.25) is 0 Å². The van der Waals surface area contributed by atoms with Crippen LogP contribution >= 0.6 is 24.0 Å². The van der Waals surface area contributed by atoms with E-state index in [1.54, 1.807) is 0 Å². The second-order valence-corrected chi connectivity index (χ2v) is 7.33. The summed E-state index contributed by atoms with van der Waals surface area (Å²) in [7, 11) is 0. The number of hydrogen-bond acceptors (Lipinski definition) is 3. The Morgan fingerprint density at radius 2 is 1.83 bits per heavy atom. The maximum absolute atomic E-state index is 5.30. The topological polar surface area (TPSA) is 62.5 Å². The third-order valence-corrected chi connectivity index (χ3v) is 5.08. The molecule has 0 saturated carbocycles. The predicted octanol–water partition coefficient (Wildman–Crippen LogP) is 5.48. The first-order chi connectivity index (χ1) is 13.5. The molecule has 0 fully saturated rings. The van der Waals surface area contributed by atoms with E-state index < -0.39 is 0 Å². The zero-order valence-corrected chi connectivity index (χ0v) is 20.2. The van der Waals surface area contributed by atoms with Gasteiger partial charge >= 0.3 is 0 Å². The molecule has 29 heavy (non-hydrogen) atoms. The fraction of sp³-hybridized carbons (Fsp3) is 0.391. The molecule has 3 aromatic rings. The van der Waals surface area contributed by atoms with Crippen molar-refractivity contribution in [3.8, 4) is 0 Å². The number of nitrogens with one attached hydrogen (secondary N) is 2. The van der Waals surface area contributed by atoms with Crippen molar-refractivity contribution in [2.24, 2.45) is 4.99 Å². The van der Waals surface area contributed by atoms with E-state index in [4.69, 9.17) is 9.52 Å². The van der Waals surface area contributed by atoms with Gasteiger partial charge in [0, 0.05) is 24.6 Å². The van der Waals surface area contributed by atoms with Crippen LogP contribution in [-0.2, 0) is 0 Å². The normalized spacial score (nSPS) is 13.6. The van der Waals surface area contributed by atoms with E-state index >= 15 is 0 Å². The maximum atomic E-state index is 5.30. The van der Waals surface area contributed by atoms with Crippen LogP contribution in [0.25, 0.3) is 10.8 Å². The first-order valence-corrected chi connectivity index (χ1v) is 9.96. The molecule has 0 aliphatic heterocycles. The minimum atomic E-state index is 0. The van der Waals surface area contributed by atoms with Gasteiger partial charge in [-0.15, -0.1) is 24.0 Å². The summed E-state index contributed by atoms with van der Waals surface area (Å²) in [5.41, 5.74) is 3.34. The molecule has 3 rings (SSSR count). The predicted molar refractivity (Wildman–Crippen MR) is 131 cm³/mol. The standard InChI is InChI=1S/C23H30N4O.HI/c1-6-24-23(25-14-15(2)22-17(4)27-28-18(22)5)26-16(3)20-12-11-19-9-7-8-10-21(19)13-20;/h7-13,15-16H,6,14H2,1-5H3,(H2,24,25,26);1H. The summed E-state index contributed by atoms with van der Waals surface area (Å²) in [5.74, 6) is 1.95. The van der Waals surface area contributed by atoms with Gasteiger partial charge in [0.25, 0.3) is 0 Å². The lowest BCUT2D eigenvalue weighted by molar-refractivity contribution is 0.391. The molecule has 0 bridgehead atoms. The van der Waals surface area contributed by atoms with E-state index in [1.165, 1.54) is 16.3 Å². The summed E-state index contributed by atoms with van der Waals surface area (Å²) < 4.78 is 5.30. The largest absolute Gasteiger partial charge is 0.361 e. The molecule has 0 saturated heterocycles. The minimum absolute atomic E-state index is 0. The van der Waals surface area contributed by atoms with Crippen molar-refractivity contribution in [2.75, 3.05) is 13.1 Å². The Balaban J connectivity index is 0.00000300. The molecule has 1 aromatic heterocycles. The van der Waals surface area contributed by atoms with Crippen LogP contribution in [0.2, 0.25) is 0 Å². The third-order valence-electron chi connectivity index (χ3n) is 5.08. The van der Waals surface area contributed by atoms with Crippen LogP contribution in [0.3, 0.4) is 0 Å². The van der Waals surface area contributed by atoms with Gasteiger partial charge in [-0.25, -0.2) is 0 Å². The van der Waals surface area contributed by atoms with Crippen LogP contribution in [0.4, 0.5) is 0 Å². The highest BCUT2D eigenvalue weighted by Gasteiger charge is 2.16. The molecular formula is C23H31IN4O. The molecule has 2 N–H and O–H groups in total. The van der Waals surface area contributed by atoms with Gasteiger partial charge in [-0.05, 0) is 50.1 Å². The monoisotopic (exact) mass is 506 g/mol. The molecule has 5 nitrogen and oxygen atoms in total. The number of aryl methyl sites for hydroxylation is 2. The van der Waals surface area contributed by atoms with Crippen molar-refractivity contribution >= 4 is 40.7 Å². The zero-order valence-electron chi connectivity index (χ0n) is 17.8. The van der Waals surface area contributed by atoms with E-state index in [0.29, 0.717) is 6.54 Å². The molecule has 0 radical (unpaired) electrons. The van der Waals surface area contributed by atoms with Crippen LogP contribution < -0.4 is 10.6 Å². The van der Waals surface area contributed by atoms with Gasteiger partial charge in [-0.1, -0.05) is 48.5 Å². The summed E-state index contributed by atoms with van der Waals surface area (Å²) in [6.07, 6.45) is 0. The molecule has 6 heteroatoms. The summed E-state index contributed by atoms with van der Waals surface area (Å²) in [6, 6.07) is 15.2. The highest BCUT2D eigenvalue weighted by Crippen LogP contribution is 2.23. The lowest BCUT2D eigenvalue weighted by Crippen LogP contribution is -2.39.